The van der Waals surface area contributed by atoms with Crippen LogP contribution in [-0.2, 0) is 0 Å². The monoisotopic (exact) mass is 214 g/mol. The van der Waals surface area contributed by atoms with Crippen LogP contribution in [0.15, 0.2) is 0 Å². The number of hydrogen-bond acceptors (Lipinski definition) is 3. The van der Waals surface area contributed by atoms with Crippen molar-refractivity contribution in [2.45, 2.75) is 39.8 Å². The maximum Gasteiger partial charge on any atom is 0.0831 e. The number of rotatable bonds is 5. The molecular formula is C12H26N2O. The molecule has 0 spiro atoms. The standard InChI is InChI=1S/C12H26N2O/c1-9(2)7-14(8-10(3)4)11-5-13-6-12(11)15/h9-13,15H,5-8H2,1-4H3. The normalized spacial score (nSPS) is 27.2. The Labute approximate surface area is 93.9 Å². The van der Waals surface area contributed by atoms with E-state index in [1.807, 2.05) is 0 Å². The smallest absolute Gasteiger partial charge is 0.0831 e. The fourth-order valence-electron chi connectivity index (χ4n) is 2.31. The topological polar surface area (TPSA) is 35.5 Å². The largest absolute Gasteiger partial charge is 0.390 e. The van der Waals surface area contributed by atoms with Gasteiger partial charge in [-0.25, -0.2) is 0 Å². The summed E-state index contributed by atoms with van der Waals surface area (Å²) in [4.78, 5) is 2.44. The average Bonchev–Trinajstić information content (AvgIpc) is 2.48. The molecule has 0 amide bonds. The van der Waals surface area contributed by atoms with Crippen LogP contribution in [0, 0.1) is 11.8 Å². The van der Waals surface area contributed by atoms with Gasteiger partial charge in [-0.1, -0.05) is 27.7 Å². The lowest BCUT2D eigenvalue weighted by molar-refractivity contribution is 0.0677. The third-order valence-electron chi connectivity index (χ3n) is 2.82. The molecule has 1 aliphatic heterocycles. The molecule has 3 heteroatoms. The van der Waals surface area contributed by atoms with Crippen LogP contribution in [0.3, 0.4) is 0 Å². The van der Waals surface area contributed by atoms with Crippen LogP contribution in [0.25, 0.3) is 0 Å². The van der Waals surface area contributed by atoms with E-state index in [4.69, 9.17) is 0 Å². The van der Waals surface area contributed by atoms with Gasteiger partial charge in [-0.2, -0.15) is 0 Å². The Morgan fingerprint density at radius 2 is 1.67 bits per heavy atom. The zero-order valence-electron chi connectivity index (χ0n) is 10.5. The molecule has 1 rings (SSSR count). The Kier molecular flexibility index (Phi) is 5.03. The Hall–Kier alpha value is -0.120. The minimum atomic E-state index is -0.192. The van der Waals surface area contributed by atoms with E-state index in [9.17, 15) is 5.11 Å². The van der Waals surface area contributed by atoms with Crippen LogP contribution >= 0.6 is 0 Å². The van der Waals surface area contributed by atoms with Crippen LogP contribution in [0.1, 0.15) is 27.7 Å². The van der Waals surface area contributed by atoms with Crippen molar-refractivity contribution in [1.82, 2.24) is 10.2 Å². The van der Waals surface area contributed by atoms with Crippen molar-refractivity contribution < 1.29 is 5.11 Å². The van der Waals surface area contributed by atoms with Crippen molar-refractivity contribution in [1.29, 1.82) is 0 Å². The highest BCUT2D eigenvalue weighted by atomic mass is 16.3. The highest BCUT2D eigenvalue weighted by Gasteiger charge is 2.30. The highest BCUT2D eigenvalue weighted by Crippen LogP contribution is 2.14. The van der Waals surface area contributed by atoms with Crippen molar-refractivity contribution in [3.05, 3.63) is 0 Å². The van der Waals surface area contributed by atoms with Crippen LogP contribution < -0.4 is 5.32 Å². The molecule has 0 aromatic heterocycles. The first-order valence-electron chi connectivity index (χ1n) is 6.13. The Balaban J connectivity index is 2.53. The third kappa shape index (κ3) is 4.09. The molecule has 2 unspecified atom stereocenters. The summed E-state index contributed by atoms with van der Waals surface area (Å²) in [6.45, 7) is 12.8. The molecule has 1 heterocycles. The highest BCUT2D eigenvalue weighted by molar-refractivity contribution is 4.89. The summed E-state index contributed by atoms with van der Waals surface area (Å²) in [6, 6.07) is 0.315. The lowest BCUT2D eigenvalue weighted by Gasteiger charge is -2.33. The van der Waals surface area contributed by atoms with Crippen molar-refractivity contribution in [3.63, 3.8) is 0 Å². The van der Waals surface area contributed by atoms with Crippen LogP contribution in [0.4, 0.5) is 0 Å². The summed E-state index contributed by atoms with van der Waals surface area (Å²) in [5.74, 6) is 1.33. The van der Waals surface area contributed by atoms with Crippen molar-refractivity contribution >= 4 is 0 Å². The second-order valence-electron chi connectivity index (χ2n) is 5.53. The molecule has 0 radical (unpaired) electrons. The molecule has 0 bridgehead atoms. The van der Waals surface area contributed by atoms with Gasteiger partial charge in [0.25, 0.3) is 0 Å². The maximum atomic E-state index is 9.88. The Morgan fingerprint density at radius 3 is 2.00 bits per heavy atom. The van der Waals surface area contributed by atoms with Gasteiger partial charge in [0.15, 0.2) is 0 Å². The quantitative estimate of drug-likeness (QED) is 0.715. The summed E-state index contributed by atoms with van der Waals surface area (Å²) in [7, 11) is 0. The molecule has 90 valence electrons. The van der Waals surface area contributed by atoms with Crippen molar-refractivity contribution in [2.24, 2.45) is 11.8 Å². The molecule has 0 saturated carbocycles. The van der Waals surface area contributed by atoms with E-state index in [1.54, 1.807) is 0 Å². The molecule has 0 aromatic rings. The molecule has 2 N–H and O–H groups in total. The predicted molar refractivity (Wildman–Crippen MR) is 63.9 cm³/mol. The fourth-order valence-corrected chi connectivity index (χ4v) is 2.31. The summed E-state index contributed by atoms with van der Waals surface area (Å²) in [5, 5.41) is 13.1. The summed E-state index contributed by atoms with van der Waals surface area (Å²) < 4.78 is 0. The van der Waals surface area contributed by atoms with Gasteiger partial charge in [0.05, 0.1) is 6.10 Å². The third-order valence-corrected chi connectivity index (χ3v) is 2.82. The Morgan fingerprint density at radius 1 is 1.13 bits per heavy atom. The van der Waals surface area contributed by atoms with Gasteiger partial charge in [0.2, 0.25) is 0 Å². The molecule has 1 saturated heterocycles. The second-order valence-corrected chi connectivity index (χ2v) is 5.53. The molecule has 0 aromatic carbocycles. The number of hydrogen-bond donors (Lipinski definition) is 2. The SMILES string of the molecule is CC(C)CN(CC(C)C)C1CNCC1O. The first-order valence-corrected chi connectivity index (χ1v) is 6.13. The fraction of sp³-hybridized carbons (Fsp3) is 1.00. The van der Waals surface area contributed by atoms with E-state index in [-0.39, 0.29) is 6.10 Å². The van der Waals surface area contributed by atoms with Crippen LogP contribution in [-0.4, -0.2) is 48.3 Å². The van der Waals surface area contributed by atoms with Gasteiger partial charge in [-0.3, -0.25) is 4.90 Å². The molecule has 3 nitrogen and oxygen atoms in total. The zero-order valence-corrected chi connectivity index (χ0v) is 10.5. The van der Waals surface area contributed by atoms with Gasteiger partial charge in [0, 0.05) is 32.2 Å². The Bertz CT molecular complexity index is 172. The van der Waals surface area contributed by atoms with E-state index in [0.717, 1.165) is 26.2 Å². The van der Waals surface area contributed by atoms with Crippen LogP contribution in [0.2, 0.25) is 0 Å². The lowest BCUT2D eigenvalue weighted by atomic mass is 10.1. The van der Waals surface area contributed by atoms with E-state index in [0.29, 0.717) is 17.9 Å². The molecule has 2 atom stereocenters. The summed E-state index contributed by atoms with van der Waals surface area (Å²) in [6.07, 6.45) is -0.192. The first kappa shape index (κ1) is 12.9. The van der Waals surface area contributed by atoms with E-state index >= 15 is 0 Å². The second kappa shape index (κ2) is 5.83. The summed E-state index contributed by atoms with van der Waals surface area (Å²) >= 11 is 0. The van der Waals surface area contributed by atoms with Crippen molar-refractivity contribution in [2.75, 3.05) is 26.2 Å². The van der Waals surface area contributed by atoms with Gasteiger partial charge in [0.1, 0.15) is 0 Å². The molecule has 0 aliphatic carbocycles. The number of aliphatic hydroxyl groups is 1. The minimum Gasteiger partial charge on any atom is -0.390 e. The number of nitrogens with zero attached hydrogens (tertiary/aromatic N) is 1. The average molecular weight is 214 g/mol. The van der Waals surface area contributed by atoms with Gasteiger partial charge in [-0.05, 0) is 11.8 Å². The minimum absolute atomic E-state index is 0.192. The summed E-state index contributed by atoms with van der Waals surface area (Å²) in [5.41, 5.74) is 0. The number of β-amino-alcohol motifs (C(OH)–C–C–N with tert-alkyl or cyclic N) is 1. The van der Waals surface area contributed by atoms with Crippen LogP contribution in [0.5, 0.6) is 0 Å². The molecule has 1 fully saturated rings. The predicted octanol–water partition coefficient (Wildman–Crippen LogP) is 0.933. The zero-order chi connectivity index (χ0) is 11.4. The first-order chi connectivity index (χ1) is 7.00. The van der Waals surface area contributed by atoms with Gasteiger partial charge < -0.3 is 10.4 Å². The van der Waals surface area contributed by atoms with Gasteiger partial charge in [-0.15, -0.1) is 0 Å². The molecule has 15 heavy (non-hydrogen) atoms. The number of aliphatic hydroxyl groups excluding tert-OH is 1. The van der Waals surface area contributed by atoms with Gasteiger partial charge >= 0.3 is 0 Å². The lowest BCUT2D eigenvalue weighted by Crippen LogP contribution is -2.46. The van der Waals surface area contributed by atoms with E-state index in [1.165, 1.54) is 0 Å². The van der Waals surface area contributed by atoms with Crippen molar-refractivity contribution in [3.8, 4) is 0 Å². The van der Waals surface area contributed by atoms with E-state index < -0.39 is 0 Å². The number of nitrogens with one attached hydrogen (secondary N) is 1. The van der Waals surface area contributed by atoms with E-state index in [2.05, 4.69) is 37.9 Å². The molecular weight excluding hydrogens is 188 g/mol. The maximum absolute atomic E-state index is 9.88. The molecule has 1 aliphatic rings.